The van der Waals surface area contributed by atoms with E-state index >= 15 is 0 Å². The lowest BCUT2D eigenvalue weighted by Crippen LogP contribution is -1.85. The molecule has 0 N–H and O–H groups in total. The maximum absolute atomic E-state index is 2.29. The predicted molar refractivity (Wildman–Crippen MR) is 95.7 cm³/mol. The molecule has 0 heteroatoms. The van der Waals surface area contributed by atoms with E-state index in [1.54, 1.807) is 0 Å². The smallest absolute Gasteiger partial charge is 0.0471 e. The molecule has 0 spiro atoms. The molecule has 0 saturated carbocycles. The van der Waals surface area contributed by atoms with Gasteiger partial charge in [-0.2, -0.15) is 0 Å². The average Bonchev–Trinajstić information content (AvgIpc) is 2.49. The van der Waals surface area contributed by atoms with E-state index in [0.717, 1.165) is 5.92 Å². The van der Waals surface area contributed by atoms with Crippen LogP contribution in [0.2, 0.25) is 0 Å². The second-order valence-electron chi connectivity index (χ2n) is 2.89. The first-order valence-electron chi connectivity index (χ1n) is 8.77. The molecule has 18 heavy (non-hydrogen) atoms. The molecule has 0 bridgehead atoms. The van der Waals surface area contributed by atoms with Crippen LogP contribution in [-0.4, -0.2) is 0 Å². The summed E-state index contributed by atoms with van der Waals surface area (Å²) < 4.78 is 0. The Labute approximate surface area is 122 Å². The van der Waals surface area contributed by atoms with Crippen molar-refractivity contribution in [1.82, 2.24) is 0 Å². The van der Waals surface area contributed by atoms with E-state index in [1.165, 1.54) is 25.7 Å². The summed E-state index contributed by atoms with van der Waals surface area (Å²) >= 11 is 0. The number of rotatable bonds is 4. The lowest BCUT2D eigenvalue weighted by Gasteiger charge is -2.00. The highest BCUT2D eigenvalue weighted by atomic mass is 14.0. The first kappa shape index (κ1) is 36.1. The lowest BCUT2D eigenvalue weighted by atomic mass is 10.1. The molecule has 0 aromatic heterocycles. The third kappa shape index (κ3) is 144. The van der Waals surface area contributed by atoms with Gasteiger partial charge in [0.1, 0.15) is 0 Å². The van der Waals surface area contributed by atoms with Crippen molar-refractivity contribution in [3.63, 3.8) is 0 Å². The SMILES string of the molecule is CC.CC.CC.CC.CC.CCCCCC(C)C. The Balaban J connectivity index is -0.0000000304. The molecule has 0 aromatic rings. The van der Waals surface area contributed by atoms with Crippen LogP contribution in [0.3, 0.4) is 0 Å². The predicted octanol–water partition coefficient (Wildman–Crippen LogP) is 8.35. The Hall–Kier alpha value is 0. The van der Waals surface area contributed by atoms with Crippen molar-refractivity contribution in [1.29, 1.82) is 0 Å². The summed E-state index contributed by atoms with van der Waals surface area (Å²) in [6.07, 6.45) is 5.60. The molecule has 0 aliphatic heterocycles. The number of unbranched alkanes of at least 4 members (excludes halogenated alkanes) is 2. The summed E-state index contributed by atoms with van der Waals surface area (Å²) in [6, 6.07) is 0. The Morgan fingerprint density at radius 2 is 0.833 bits per heavy atom. The Bertz CT molecular complexity index is 37.3. The van der Waals surface area contributed by atoms with Gasteiger partial charge in [-0.3, -0.25) is 0 Å². The molecule has 0 rings (SSSR count). The minimum atomic E-state index is 0.904. The van der Waals surface area contributed by atoms with Crippen molar-refractivity contribution < 1.29 is 0 Å². The van der Waals surface area contributed by atoms with Gasteiger partial charge in [0.15, 0.2) is 0 Å². The molecule has 0 radical (unpaired) electrons. The number of hydrogen-bond acceptors (Lipinski definition) is 0. The van der Waals surface area contributed by atoms with Crippen LogP contribution in [0, 0.1) is 5.92 Å². The molecule has 0 aliphatic rings. The molecule has 0 aromatic carbocycles. The second-order valence-corrected chi connectivity index (χ2v) is 2.89. The van der Waals surface area contributed by atoms with E-state index in [9.17, 15) is 0 Å². The second kappa shape index (κ2) is 88.8. The molecule has 0 saturated heterocycles. The molecular formula is C18H48. The summed E-state index contributed by atoms with van der Waals surface area (Å²) in [5, 5.41) is 0. The van der Waals surface area contributed by atoms with Crippen molar-refractivity contribution in [3.05, 3.63) is 0 Å². The molecule has 0 atom stereocenters. The van der Waals surface area contributed by atoms with Gasteiger partial charge in [0.2, 0.25) is 0 Å². The fourth-order valence-corrected chi connectivity index (χ4v) is 0.803. The van der Waals surface area contributed by atoms with E-state index in [4.69, 9.17) is 0 Å². The first-order chi connectivity index (χ1) is 8.77. The van der Waals surface area contributed by atoms with Crippen molar-refractivity contribution >= 4 is 0 Å². The topological polar surface area (TPSA) is 0 Å². The molecule has 0 fully saturated rings. The zero-order valence-electron chi connectivity index (χ0n) is 16.4. The van der Waals surface area contributed by atoms with E-state index in [0.29, 0.717) is 0 Å². The highest BCUT2D eigenvalue weighted by Crippen LogP contribution is 2.06. The van der Waals surface area contributed by atoms with Crippen LogP contribution in [0.25, 0.3) is 0 Å². The maximum Gasteiger partial charge on any atom is -0.0471 e. The van der Waals surface area contributed by atoms with Crippen LogP contribution in [0.5, 0.6) is 0 Å². The Morgan fingerprint density at radius 3 is 1.00 bits per heavy atom. The molecule has 0 amide bonds. The average molecular weight is 265 g/mol. The van der Waals surface area contributed by atoms with Gasteiger partial charge < -0.3 is 0 Å². The summed E-state index contributed by atoms with van der Waals surface area (Å²) in [4.78, 5) is 0. The summed E-state index contributed by atoms with van der Waals surface area (Å²) in [7, 11) is 0. The largest absolute Gasteiger partial charge is 0.0683 e. The van der Waals surface area contributed by atoms with Gasteiger partial charge >= 0.3 is 0 Å². The highest BCUT2D eigenvalue weighted by molar-refractivity contribution is 4.44. The van der Waals surface area contributed by atoms with Crippen molar-refractivity contribution in [2.75, 3.05) is 0 Å². The van der Waals surface area contributed by atoms with Gasteiger partial charge in [-0.05, 0) is 5.92 Å². The van der Waals surface area contributed by atoms with E-state index in [-0.39, 0.29) is 0 Å². The zero-order chi connectivity index (χ0) is 16.4. The minimum Gasteiger partial charge on any atom is -0.0683 e. The molecule has 0 heterocycles. The lowest BCUT2D eigenvalue weighted by molar-refractivity contribution is 0.534. The third-order valence-electron chi connectivity index (χ3n) is 1.39. The molecule has 0 unspecified atom stereocenters. The van der Waals surface area contributed by atoms with Crippen molar-refractivity contribution in [2.45, 2.75) is 116 Å². The fraction of sp³-hybridized carbons (Fsp3) is 1.00. The van der Waals surface area contributed by atoms with Gasteiger partial charge in [0.05, 0.1) is 0 Å². The van der Waals surface area contributed by atoms with Crippen molar-refractivity contribution in [3.8, 4) is 0 Å². The number of hydrogen-bond donors (Lipinski definition) is 0. The van der Waals surface area contributed by atoms with Crippen LogP contribution < -0.4 is 0 Å². The standard InChI is InChI=1S/C8H18.5C2H6/c1-4-5-6-7-8(2)3;5*1-2/h8H,4-7H2,1-3H3;5*1-2H3. The van der Waals surface area contributed by atoms with Gasteiger partial charge in [0.25, 0.3) is 0 Å². The Kier molecular flexibility index (Phi) is 178. The van der Waals surface area contributed by atoms with Crippen LogP contribution in [0.1, 0.15) is 116 Å². The van der Waals surface area contributed by atoms with Gasteiger partial charge in [-0.15, -0.1) is 0 Å². The quantitative estimate of drug-likeness (QED) is 0.447. The molecular weight excluding hydrogens is 216 g/mol. The van der Waals surface area contributed by atoms with Crippen LogP contribution in [0.15, 0.2) is 0 Å². The molecule has 0 aliphatic carbocycles. The van der Waals surface area contributed by atoms with Crippen LogP contribution in [0.4, 0.5) is 0 Å². The fourth-order valence-electron chi connectivity index (χ4n) is 0.803. The van der Waals surface area contributed by atoms with Gasteiger partial charge in [-0.25, -0.2) is 0 Å². The van der Waals surface area contributed by atoms with E-state index in [2.05, 4.69) is 20.8 Å². The normalized spacial score (nSPS) is 6.33. The third-order valence-corrected chi connectivity index (χ3v) is 1.39. The van der Waals surface area contributed by atoms with Gasteiger partial charge in [0, 0.05) is 0 Å². The molecule has 120 valence electrons. The maximum atomic E-state index is 2.29. The van der Waals surface area contributed by atoms with Crippen LogP contribution in [-0.2, 0) is 0 Å². The Morgan fingerprint density at radius 1 is 0.556 bits per heavy atom. The zero-order valence-corrected chi connectivity index (χ0v) is 16.4. The van der Waals surface area contributed by atoms with Crippen LogP contribution >= 0.6 is 0 Å². The summed E-state index contributed by atoms with van der Waals surface area (Å²) in [6.45, 7) is 26.8. The minimum absolute atomic E-state index is 0.904. The highest BCUT2D eigenvalue weighted by Gasteiger charge is 1.90. The summed E-state index contributed by atoms with van der Waals surface area (Å²) in [5.41, 5.74) is 0. The first-order valence-corrected chi connectivity index (χ1v) is 8.77. The monoisotopic (exact) mass is 264 g/mol. The van der Waals surface area contributed by atoms with E-state index in [1.807, 2.05) is 69.2 Å². The molecule has 0 nitrogen and oxygen atoms in total. The van der Waals surface area contributed by atoms with E-state index < -0.39 is 0 Å². The van der Waals surface area contributed by atoms with Gasteiger partial charge in [-0.1, -0.05) is 116 Å². The van der Waals surface area contributed by atoms with Crippen molar-refractivity contribution in [2.24, 2.45) is 5.92 Å². The summed E-state index contributed by atoms with van der Waals surface area (Å²) in [5.74, 6) is 0.904.